The number of nitrogens with zero attached hydrogens (tertiary/aromatic N) is 4. The van der Waals surface area contributed by atoms with E-state index in [-0.39, 0.29) is 16.7 Å². The maximum Gasteiger partial charge on any atom is 0.417 e. The predicted molar refractivity (Wildman–Crippen MR) is 135 cm³/mol. The van der Waals surface area contributed by atoms with Gasteiger partial charge in [-0.05, 0) is 89.6 Å². The molecule has 1 amide bonds. The number of unbranched alkanes of at least 4 members (excludes halogenated alkanes) is 6. The number of hydrogen-bond acceptors (Lipinski definition) is 4. The van der Waals surface area contributed by atoms with Gasteiger partial charge in [-0.3, -0.25) is 9.69 Å². The highest BCUT2D eigenvalue weighted by molar-refractivity contribution is 7.80. The topological polar surface area (TPSA) is 50.6 Å². The lowest BCUT2D eigenvalue weighted by Crippen LogP contribution is -2.44. The van der Waals surface area contributed by atoms with Crippen molar-refractivity contribution in [2.24, 2.45) is 0 Å². The van der Waals surface area contributed by atoms with Crippen LogP contribution >= 0.6 is 12.2 Å². The molecular weight excluding hydrogens is 473 g/mol. The number of halogens is 3. The molecule has 0 spiro atoms. The standard InChI is InChI=1S/C26H35F3N4OS/c1-25(2)23(34)33(21-13-12-20(19-30)22(18-21)26(27,28)29)24(35)32(25)17-9-7-5-3-4-6-8-14-31-15-10-11-16-31/h12-13,18H,3-11,14-17H2,1-2H3. The Morgan fingerprint density at radius 1 is 1.00 bits per heavy atom. The zero-order valence-corrected chi connectivity index (χ0v) is 21.5. The number of benzene rings is 1. The van der Waals surface area contributed by atoms with Crippen LogP contribution in [0.5, 0.6) is 0 Å². The van der Waals surface area contributed by atoms with E-state index in [9.17, 15) is 18.0 Å². The second-order valence-corrected chi connectivity index (χ2v) is 10.4. The Morgan fingerprint density at radius 2 is 1.57 bits per heavy atom. The van der Waals surface area contributed by atoms with Gasteiger partial charge in [0.1, 0.15) is 5.54 Å². The van der Waals surface area contributed by atoms with Crippen LogP contribution in [0, 0.1) is 11.3 Å². The molecule has 5 nitrogen and oxygen atoms in total. The third kappa shape index (κ3) is 6.53. The molecule has 2 heterocycles. The molecule has 35 heavy (non-hydrogen) atoms. The maximum atomic E-state index is 13.4. The highest BCUT2D eigenvalue weighted by Gasteiger charge is 2.49. The summed E-state index contributed by atoms with van der Waals surface area (Å²) in [5.74, 6) is -0.363. The van der Waals surface area contributed by atoms with E-state index in [1.165, 1.54) is 69.1 Å². The smallest absolute Gasteiger partial charge is 0.334 e. The van der Waals surface area contributed by atoms with Gasteiger partial charge in [-0.1, -0.05) is 32.1 Å². The quantitative estimate of drug-likeness (QED) is 0.266. The van der Waals surface area contributed by atoms with E-state index in [2.05, 4.69) is 4.90 Å². The molecule has 192 valence electrons. The molecule has 2 aliphatic heterocycles. The molecule has 0 atom stereocenters. The molecule has 2 aliphatic rings. The summed E-state index contributed by atoms with van der Waals surface area (Å²) in [6, 6.07) is 4.85. The van der Waals surface area contributed by atoms with Crippen molar-refractivity contribution in [3.63, 3.8) is 0 Å². The highest BCUT2D eigenvalue weighted by atomic mass is 32.1. The van der Waals surface area contributed by atoms with E-state index in [1.54, 1.807) is 19.9 Å². The van der Waals surface area contributed by atoms with Gasteiger partial charge in [0, 0.05) is 6.54 Å². The maximum absolute atomic E-state index is 13.4. The van der Waals surface area contributed by atoms with E-state index in [0.29, 0.717) is 6.54 Å². The molecule has 0 saturated carbocycles. The zero-order valence-electron chi connectivity index (χ0n) is 20.7. The number of anilines is 1. The summed E-state index contributed by atoms with van der Waals surface area (Å²) in [5.41, 5.74) is -2.45. The first-order valence-corrected chi connectivity index (χ1v) is 13.0. The zero-order chi connectivity index (χ0) is 25.6. The first-order valence-electron chi connectivity index (χ1n) is 12.6. The lowest BCUT2D eigenvalue weighted by Gasteiger charge is -2.29. The first kappa shape index (κ1) is 27.4. The Hall–Kier alpha value is -2.18. The monoisotopic (exact) mass is 508 g/mol. The SMILES string of the molecule is CC1(C)C(=O)N(c2ccc(C#N)c(C(F)(F)F)c2)C(=S)N1CCCCCCCCCN1CCCC1. The van der Waals surface area contributed by atoms with Crippen LogP contribution in [0.25, 0.3) is 0 Å². The molecule has 0 unspecified atom stereocenters. The summed E-state index contributed by atoms with van der Waals surface area (Å²) in [6.07, 6.45) is 5.91. The Balaban J connectivity index is 1.50. The number of likely N-dealkylation sites (tertiary alicyclic amines) is 1. The van der Waals surface area contributed by atoms with E-state index in [1.807, 2.05) is 4.90 Å². The lowest BCUT2D eigenvalue weighted by atomic mass is 10.0. The molecule has 9 heteroatoms. The van der Waals surface area contributed by atoms with Crippen molar-refractivity contribution >= 4 is 28.9 Å². The fraction of sp³-hybridized carbons (Fsp3) is 0.654. The Morgan fingerprint density at radius 3 is 2.14 bits per heavy atom. The Kier molecular flexibility index (Phi) is 9.16. The normalized spacial score (nSPS) is 18.5. The molecule has 1 aromatic carbocycles. The van der Waals surface area contributed by atoms with Gasteiger partial charge in [-0.2, -0.15) is 18.4 Å². The van der Waals surface area contributed by atoms with E-state index >= 15 is 0 Å². The highest BCUT2D eigenvalue weighted by Crippen LogP contribution is 2.38. The summed E-state index contributed by atoms with van der Waals surface area (Å²) in [6.45, 7) is 7.79. The van der Waals surface area contributed by atoms with Crippen LogP contribution in [0.15, 0.2) is 18.2 Å². The molecule has 0 N–H and O–H groups in total. The van der Waals surface area contributed by atoms with Gasteiger partial charge in [0.05, 0.1) is 22.9 Å². The van der Waals surface area contributed by atoms with Crippen molar-refractivity contribution in [2.45, 2.75) is 83.4 Å². The van der Waals surface area contributed by atoms with Gasteiger partial charge >= 0.3 is 6.18 Å². The third-order valence-electron chi connectivity index (χ3n) is 7.07. The van der Waals surface area contributed by atoms with Crippen LogP contribution < -0.4 is 4.90 Å². The predicted octanol–water partition coefficient (Wildman–Crippen LogP) is 6.12. The van der Waals surface area contributed by atoms with Gasteiger partial charge in [-0.15, -0.1) is 0 Å². The number of rotatable bonds is 11. The largest absolute Gasteiger partial charge is 0.417 e. The fourth-order valence-electron chi connectivity index (χ4n) is 4.94. The first-order chi connectivity index (χ1) is 16.6. The van der Waals surface area contributed by atoms with Crippen LogP contribution in [0.4, 0.5) is 18.9 Å². The molecule has 0 bridgehead atoms. The van der Waals surface area contributed by atoms with Crippen molar-refractivity contribution < 1.29 is 18.0 Å². The molecule has 2 fully saturated rings. The van der Waals surface area contributed by atoms with E-state index in [4.69, 9.17) is 17.5 Å². The fourth-order valence-corrected chi connectivity index (χ4v) is 5.45. The molecule has 2 saturated heterocycles. The van der Waals surface area contributed by atoms with E-state index < -0.39 is 22.8 Å². The summed E-state index contributed by atoms with van der Waals surface area (Å²) in [7, 11) is 0. The van der Waals surface area contributed by atoms with Crippen LogP contribution in [-0.2, 0) is 11.0 Å². The summed E-state index contributed by atoms with van der Waals surface area (Å²) in [5, 5.41) is 9.25. The molecule has 0 radical (unpaired) electrons. The van der Waals surface area contributed by atoms with Crippen LogP contribution in [0.2, 0.25) is 0 Å². The molecular formula is C26H35F3N4OS. The number of thiocarbonyl (C=S) groups is 1. The van der Waals surface area contributed by atoms with Crippen LogP contribution in [-0.4, -0.2) is 52.5 Å². The minimum atomic E-state index is -4.70. The van der Waals surface area contributed by atoms with Gasteiger partial charge < -0.3 is 9.80 Å². The average molecular weight is 509 g/mol. The molecule has 0 aromatic heterocycles. The van der Waals surface area contributed by atoms with E-state index in [0.717, 1.165) is 31.4 Å². The van der Waals surface area contributed by atoms with Gasteiger partial charge in [0.25, 0.3) is 5.91 Å². The summed E-state index contributed by atoms with van der Waals surface area (Å²) in [4.78, 5) is 18.7. The number of nitriles is 1. The average Bonchev–Trinajstić information content (AvgIpc) is 3.38. The summed E-state index contributed by atoms with van der Waals surface area (Å²) >= 11 is 5.54. The van der Waals surface area contributed by atoms with Crippen molar-refractivity contribution in [1.82, 2.24) is 9.80 Å². The second kappa shape index (κ2) is 11.7. The van der Waals surface area contributed by atoms with Gasteiger partial charge in [0.15, 0.2) is 5.11 Å². The van der Waals surface area contributed by atoms with Crippen molar-refractivity contribution in [3.05, 3.63) is 29.3 Å². The summed E-state index contributed by atoms with van der Waals surface area (Å²) < 4.78 is 40.3. The number of carbonyl (C=O) groups is 1. The Bertz CT molecular complexity index is 951. The number of amides is 1. The third-order valence-corrected chi connectivity index (χ3v) is 7.47. The van der Waals surface area contributed by atoms with Crippen LogP contribution in [0.3, 0.4) is 0 Å². The lowest BCUT2D eigenvalue weighted by molar-refractivity contribution is -0.137. The number of carbonyl (C=O) groups excluding carboxylic acids is 1. The van der Waals surface area contributed by atoms with Crippen LogP contribution in [0.1, 0.15) is 82.8 Å². The number of alkyl halides is 3. The minimum absolute atomic E-state index is 0.0378. The van der Waals surface area contributed by atoms with Crippen molar-refractivity contribution in [3.8, 4) is 6.07 Å². The van der Waals surface area contributed by atoms with Crippen molar-refractivity contribution in [1.29, 1.82) is 5.26 Å². The minimum Gasteiger partial charge on any atom is -0.334 e. The van der Waals surface area contributed by atoms with Gasteiger partial charge in [0.2, 0.25) is 0 Å². The number of hydrogen-bond donors (Lipinski definition) is 0. The second-order valence-electron chi connectivity index (χ2n) is 10.00. The Labute approximate surface area is 211 Å². The molecule has 3 rings (SSSR count). The molecule has 0 aliphatic carbocycles. The van der Waals surface area contributed by atoms with Crippen molar-refractivity contribution in [2.75, 3.05) is 31.1 Å². The molecule has 1 aromatic rings. The van der Waals surface area contributed by atoms with Gasteiger partial charge in [-0.25, -0.2) is 0 Å².